The summed E-state index contributed by atoms with van der Waals surface area (Å²) in [5.41, 5.74) is 0.726. The predicted molar refractivity (Wildman–Crippen MR) is 108 cm³/mol. The maximum atomic E-state index is 13.4. The van der Waals surface area contributed by atoms with Crippen LogP contribution in [0.2, 0.25) is 0 Å². The minimum Gasteiger partial charge on any atom is -0.497 e. The summed E-state index contributed by atoms with van der Waals surface area (Å²) in [6.07, 6.45) is 0. The van der Waals surface area contributed by atoms with Crippen LogP contribution in [0.25, 0.3) is 0 Å². The van der Waals surface area contributed by atoms with Crippen LogP contribution >= 0.6 is 0 Å². The highest BCUT2D eigenvalue weighted by Crippen LogP contribution is 2.23. The predicted octanol–water partition coefficient (Wildman–Crippen LogP) is 3.40. The van der Waals surface area contributed by atoms with Gasteiger partial charge in [-0.25, -0.2) is 8.78 Å². The van der Waals surface area contributed by atoms with Crippen molar-refractivity contribution < 1.29 is 27.8 Å². The number of carbonyl (C=O) groups excluding carboxylic acids is 2. The molecule has 0 bridgehead atoms. The number of nitrogens with one attached hydrogen (secondary N) is 1. The largest absolute Gasteiger partial charge is 0.497 e. The minimum absolute atomic E-state index is 0.0715. The zero-order valence-corrected chi connectivity index (χ0v) is 17.7. The minimum atomic E-state index is -0.978. The molecule has 0 radical (unpaired) electrons. The van der Waals surface area contributed by atoms with Crippen molar-refractivity contribution in [3.63, 3.8) is 0 Å². The Balaban J connectivity index is 2.17. The molecule has 1 unspecified atom stereocenters. The van der Waals surface area contributed by atoms with E-state index in [1.807, 2.05) is 0 Å². The van der Waals surface area contributed by atoms with Gasteiger partial charge in [-0.1, -0.05) is 19.9 Å². The molecule has 8 heteroatoms. The Morgan fingerprint density at radius 2 is 1.60 bits per heavy atom. The van der Waals surface area contributed by atoms with Gasteiger partial charge in [0.2, 0.25) is 5.91 Å². The second kappa shape index (κ2) is 10.0. The molecule has 0 saturated heterocycles. The fraction of sp³-hybridized carbons (Fsp3) is 0.364. The quantitative estimate of drug-likeness (QED) is 0.711. The van der Waals surface area contributed by atoms with E-state index in [1.165, 1.54) is 25.2 Å². The highest BCUT2D eigenvalue weighted by molar-refractivity contribution is 5.98. The van der Waals surface area contributed by atoms with Crippen molar-refractivity contribution in [1.82, 2.24) is 10.2 Å². The van der Waals surface area contributed by atoms with E-state index in [-0.39, 0.29) is 23.9 Å². The van der Waals surface area contributed by atoms with Crippen molar-refractivity contribution in [2.75, 3.05) is 21.3 Å². The Kier molecular flexibility index (Phi) is 7.74. The van der Waals surface area contributed by atoms with Crippen LogP contribution in [0.15, 0.2) is 36.4 Å². The first-order chi connectivity index (χ1) is 14.2. The summed E-state index contributed by atoms with van der Waals surface area (Å²) in [5.74, 6) is -2.05. The Morgan fingerprint density at radius 1 is 1.00 bits per heavy atom. The van der Waals surface area contributed by atoms with Crippen molar-refractivity contribution in [2.24, 2.45) is 5.92 Å². The van der Waals surface area contributed by atoms with E-state index in [1.54, 1.807) is 39.1 Å². The Morgan fingerprint density at radius 3 is 2.10 bits per heavy atom. The molecule has 2 rings (SSSR count). The fourth-order valence-corrected chi connectivity index (χ4v) is 2.90. The molecule has 2 amide bonds. The number of hydrogen-bond donors (Lipinski definition) is 1. The molecule has 30 heavy (non-hydrogen) atoms. The molecule has 2 aromatic rings. The first-order valence-electron chi connectivity index (χ1n) is 9.39. The summed E-state index contributed by atoms with van der Waals surface area (Å²) in [5, 5.41) is 2.75. The van der Waals surface area contributed by atoms with Crippen molar-refractivity contribution in [1.29, 1.82) is 0 Å². The summed E-state index contributed by atoms with van der Waals surface area (Å²) in [4.78, 5) is 27.1. The van der Waals surface area contributed by atoms with E-state index >= 15 is 0 Å². The lowest BCUT2D eigenvalue weighted by Gasteiger charge is -2.27. The van der Waals surface area contributed by atoms with Gasteiger partial charge in [0.1, 0.15) is 17.5 Å². The van der Waals surface area contributed by atoms with E-state index < -0.39 is 23.6 Å². The van der Waals surface area contributed by atoms with Gasteiger partial charge in [-0.05, 0) is 35.7 Å². The third-order valence-corrected chi connectivity index (χ3v) is 4.61. The molecule has 0 heterocycles. The van der Waals surface area contributed by atoms with E-state index in [2.05, 4.69) is 5.32 Å². The number of halogens is 2. The van der Waals surface area contributed by atoms with Crippen molar-refractivity contribution >= 4 is 11.8 Å². The number of amides is 2. The lowest BCUT2D eigenvalue weighted by atomic mass is 10.0. The van der Waals surface area contributed by atoms with Gasteiger partial charge in [-0.2, -0.15) is 0 Å². The summed E-state index contributed by atoms with van der Waals surface area (Å²) in [7, 11) is 4.49. The molecule has 0 aromatic heterocycles. The molecule has 0 spiro atoms. The van der Waals surface area contributed by atoms with E-state index in [4.69, 9.17) is 9.47 Å². The van der Waals surface area contributed by atoms with Gasteiger partial charge in [0.25, 0.3) is 5.91 Å². The highest BCUT2D eigenvalue weighted by atomic mass is 19.2. The van der Waals surface area contributed by atoms with Gasteiger partial charge < -0.3 is 19.7 Å². The number of likely N-dealkylation sites (N-methyl/N-ethyl adjacent to an activating group) is 1. The maximum absolute atomic E-state index is 13.4. The number of nitrogens with zero attached hydrogens (tertiary/aromatic N) is 1. The molecule has 0 saturated carbocycles. The Labute approximate surface area is 174 Å². The number of carbonyl (C=O) groups is 2. The summed E-state index contributed by atoms with van der Waals surface area (Å²) in [6, 6.07) is 7.39. The third-order valence-electron chi connectivity index (χ3n) is 4.61. The van der Waals surface area contributed by atoms with Crippen LogP contribution in [0.5, 0.6) is 11.5 Å². The summed E-state index contributed by atoms with van der Waals surface area (Å²) < 4.78 is 36.9. The molecule has 6 nitrogen and oxygen atoms in total. The third kappa shape index (κ3) is 5.68. The zero-order valence-electron chi connectivity index (χ0n) is 17.7. The lowest BCUT2D eigenvalue weighted by molar-refractivity contribution is -0.133. The van der Waals surface area contributed by atoms with E-state index in [0.717, 1.165) is 12.1 Å². The molecule has 162 valence electrons. The van der Waals surface area contributed by atoms with Crippen LogP contribution in [0.3, 0.4) is 0 Å². The SMILES string of the molecule is COc1cc(OC)cc(C(=O)NC(C(=O)N(C)Cc2ccc(F)c(F)c2)C(C)C)c1. The average molecular weight is 420 g/mol. The summed E-state index contributed by atoms with van der Waals surface area (Å²) >= 11 is 0. The molecule has 0 aliphatic heterocycles. The average Bonchev–Trinajstić information content (AvgIpc) is 2.73. The van der Waals surface area contributed by atoms with Gasteiger partial charge in [0.15, 0.2) is 11.6 Å². The van der Waals surface area contributed by atoms with Gasteiger partial charge in [0, 0.05) is 25.2 Å². The first-order valence-corrected chi connectivity index (χ1v) is 9.39. The molecule has 1 N–H and O–H groups in total. The smallest absolute Gasteiger partial charge is 0.252 e. The first kappa shape index (κ1) is 23.1. The Hall–Kier alpha value is -3.16. The molecule has 0 aliphatic carbocycles. The van der Waals surface area contributed by atoms with Crippen LogP contribution in [0, 0.1) is 17.6 Å². The number of ether oxygens (including phenoxy) is 2. The standard InChI is InChI=1S/C22H26F2N2O4/c1-13(2)20(22(28)26(3)12-14-6-7-18(23)19(24)8-14)25-21(27)15-9-16(29-4)11-17(10-15)30-5/h6-11,13,20H,12H2,1-5H3,(H,25,27). The monoisotopic (exact) mass is 420 g/mol. The molecule has 0 fully saturated rings. The summed E-state index contributed by atoms with van der Waals surface area (Å²) in [6.45, 7) is 3.68. The fourth-order valence-electron chi connectivity index (χ4n) is 2.90. The second-order valence-electron chi connectivity index (χ2n) is 7.24. The maximum Gasteiger partial charge on any atom is 0.252 e. The molecule has 1 atom stereocenters. The van der Waals surface area contributed by atoms with Crippen LogP contribution in [0.1, 0.15) is 29.8 Å². The highest BCUT2D eigenvalue weighted by Gasteiger charge is 2.28. The molecular formula is C22H26F2N2O4. The second-order valence-corrected chi connectivity index (χ2v) is 7.24. The van der Waals surface area contributed by atoms with Crippen LogP contribution < -0.4 is 14.8 Å². The number of hydrogen-bond acceptors (Lipinski definition) is 4. The van der Waals surface area contributed by atoms with Gasteiger partial charge in [-0.3, -0.25) is 9.59 Å². The van der Waals surface area contributed by atoms with Crippen LogP contribution in [-0.4, -0.2) is 44.0 Å². The molecular weight excluding hydrogens is 394 g/mol. The van der Waals surface area contributed by atoms with Crippen molar-refractivity contribution in [3.8, 4) is 11.5 Å². The van der Waals surface area contributed by atoms with Crippen molar-refractivity contribution in [3.05, 3.63) is 59.2 Å². The van der Waals surface area contributed by atoms with Gasteiger partial charge in [0.05, 0.1) is 14.2 Å². The zero-order chi connectivity index (χ0) is 22.4. The number of methoxy groups -OCH3 is 2. The molecule has 0 aliphatic rings. The number of benzene rings is 2. The molecule has 2 aromatic carbocycles. The van der Waals surface area contributed by atoms with E-state index in [9.17, 15) is 18.4 Å². The van der Waals surface area contributed by atoms with Crippen LogP contribution in [-0.2, 0) is 11.3 Å². The van der Waals surface area contributed by atoms with E-state index in [0.29, 0.717) is 17.1 Å². The topological polar surface area (TPSA) is 67.9 Å². The number of rotatable bonds is 8. The van der Waals surface area contributed by atoms with Gasteiger partial charge in [-0.15, -0.1) is 0 Å². The van der Waals surface area contributed by atoms with Gasteiger partial charge >= 0.3 is 0 Å². The van der Waals surface area contributed by atoms with Crippen LogP contribution in [0.4, 0.5) is 8.78 Å². The lowest BCUT2D eigenvalue weighted by Crippen LogP contribution is -2.50. The normalized spacial score (nSPS) is 11.7. The Bertz CT molecular complexity index is 896. The van der Waals surface area contributed by atoms with Crippen molar-refractivity contribution in [2.45, 2.75) is 26.4 Å².